The van der Waals surface area contributed by atoms with E-state index in [1.165, 1.54) is 12.1 Å². The number of anilines is 1. The maximum Gasteiger partial charge on any atom is 0.238 e. The Kier molecular flexibility index (Phi) is 6.78. The van der Waals surface area contributed by atoms with E-state index in [9.17, 15) is 8.42 Å². The van der Waals surface area contributed by atoms with Gasteiger partial charge in [-0.15, -0.1) is 0 Å². The molecule has 0 heterocycles. The second-order valence-electron chi connectivity index (χ2n) is 5.42. The van der Waals surface area contributed by atoms with Gasteiger partial charge in [0.25, 0.3) is 0 Å². The van der Waals surface area contributed by atoms with Crippen LogP contribution >= 0.6 is 12.2 Å². The molecule has 0 saturated heterocycles. The van der Waals surface area contributed by atoms with E-state index in [-0.39, 0.29) is 4.90 Å². The van der Waals surface area contributed by atoms with Crippen molar-refractivity contribution in [2.24, 2.45) is 5.14 Å². The van der Waals surface area contributed by atoms with E-state index >= 15 is 0 Å². The molecule has 0 bridgehead atoms. The summed E-state index contributed by atoms with van der Waals surface area (Å²) in [4.78, 5) is 0.0957. The van der Waals surface area contributed by atoms with Crippen molar-refractivity contribution in [3.8, 4) is 11.5 Å². The van der Waals surface area contributed by atoms with Gasteiger partial charge < -0.3 is 20.1 Å². The summed E-state index contributed by atoms with van der Waals surface area (Å²) in [7, 11) is -0.507. The van der Waals surface area contributed by atoms with E-state index in [0.717, 1.165) is 11.3 Å². The first-order valence-electron chi connectivity index (χ1n) is 7.71. The van der Waals surface area contributed by atoms with Gasteiger partial charge in [0, 0.05) is 30.4 Å². The molecule has 2 rings (SSSR count). The number of rotatable bonds is 7. The van der Waals surface area contributed by atoms with E-state index in [0.29, 0.717) is 29.6 Å². The predicted molar refractivity (Wildman–Crippen MR) is 105 cm³/mol. The van der Waals surface area contributed by atoms with Crippen molar-refractivity contribution in [3.05, 3.63) is 48.0 Å². The number of hydrogen-bond acceptors (Lipinski definition) is 5. The van der Waals surface area contributed by atoms with Gasteiger partial charge in [-0.3, -0.25) is 0 Å². The molecule has 0 aliphatic carbocycles. The van der Waals surface area contributed by atoms with Crippen molar-refractivity contribution in [2.45, 2.75) is 11.3 Å². The summed E-state index contributed by atoms with van der Waals surface area (Å²) < 4.78 is 32.9. The summed E-state index contributed by atoms with van der Waals surface area (Å²) in [5, 5.41) is 11.7. The molecule has 0 aromatic heterocycles. The molecular weight excluding hydrogens is 374 g/mol. The standard InChI is InChI=1S/C17H21N3O4S2/c1-23-14-9-13(10-15(11-14)24-2)20-17(25)19-8-7-12-3-5-16(6-4-12)26(18,21)22/h3-6,9-11H,7-8H2,1-2H3,(H2,18,21,22)(H2,19,20,25). The second-order valence-corrected chi connectivity index (χ2v) is 7.39. The molecule has 0 aliphatic heterocycles. The number of benzene rings is 2. The molecule has 0 fully saturated rings. The van der Waals surface area contributed by atoms with Gasteiger partial charge in [0.2, 0.25) is 10.0 Å². The average molecular weight is 396 g/mol. The molecular formula is C17H21N3O4S2. The minimum Gasteiger partial charge on any atom is -0.497 e. The summed E-state index contributed by atoms with van der Waals surface area (Å²) in [6.07, 6.45) is 0.675. The van der Waals surface area contributed by atoms with Crippen molar-refractivity contribution in [2.75, 3.05) is 26.1 Å². The lowest BCUT2D eigenvalue weighted by molar-refractivity contribution is 0.395. The Morgan fingerprint density at radius 1 is 1.08 bits per heavy atom. The van der Waals surface area contributed by atoms with E-state index in [2.05, 4.69) is 10.6 Å². The number of methoxy groups -OCH3 is 2. The number of thiocarbonyl (C=S) groups is 1. The highest BCUT2D eigenvalue weighted by Crippen LogP contribution is 2.25. The quantitative estimate of drug-likeness (QED) is 0.615. The molecule has 0 atom stereocenters. The summed E-state index contributed by atoms with van der Waals surface area (Å²) in [6, 6.07) is 11.8. The highest BCUT2D eigenvalue weighted by atomic mass is 32.2. The van der Waals surface area contributed by atoms with Gasteiger partial charge in [-0.05, 0) is 36.3 Å². The largest absolute Gasteiger partial charge is 0.497 e. The average Bonchev–Trinajstić information content (AvgIpc) is 2.61. The Hall–Kier alpha value is -2.36. The SMILES string of the molecule is COc1cc(NC(=S)NCCc2ccc(S(N)(=O)=O)cc2)cc(OC)c1. The highest BCUT2D eigenvalue weighted by molar-refractivity contribution is 7.89. The maximum atomic E-state index is 11.2. The zero-order chi connectivity index (χ0) is 19.2. The van der Waals surface area contributed by atoms with Gasteiger partial charge in [0.05, 0.1) is 19.1 Å². The van der Waals surface area contributed by atoms with Crippen molar-refractivity contribution >= 4 is 33.0 Å². The normalized spacial score (nSPS) is 10.9. The van der Waals surface area contributed by atoms with Crippen LogP contribution in [0.15, 0.2) is 47.4 Å². The van der Waals surface area contributed by atoms with Gasteiger partial charge in [-0.1, -0.05) is 12.1 Å². The molecule has 0 spiro atoms. The first kappa shape index (κ1) is 20.0. The van der Waals surface area contributed by atoms with Gasteiger partial charge in [0.15, 0.2) is 5.11 Å². The number of nitrogens with one attached hydrogen (secondary N) is 2. The fourth-order valence-corrected chi connectivity index (χ4v) is 2.96. The lowest BCUT2D eigenvalue weighted by atomic mass is 10.1. The molecule has 2 aromatic carbocycles. The van der Waals surface area contributed by atoms with Crippen molar-refractivity contribution in [1.29, 1.82) is 0 Å². The van der Waals surface area contributed by atoms with Crippen LogP contribution in [0.3, 0.4) is 0 Å². The number of nitrogens with two attached hydrogens (primary N) is 1. The van der Waals surface area contributed by atoms with Gasteiger partial charge >= 0.3 is 0 Å². The lowest BCUT2D eigenvalue weighted by Gasteiger charge is -2.13. The monoisotopic (exact) mass is 395 g/mol. The summed E-state index contributed by atoms with van der Waals surface area (Å²) in [6.45, 7) is 0.585. The molecule has 2 aromatic rings. The van der Waals surface area contributed by atoms with Crippen LogP contribution in [-0.4, -0.2) is 34.3 Å². The van der Waals surface area contributed by atoms with Crippen molar-refractivity contribution in [3.63, 3.8) is 0 Å². The Labute approximate surface area is 158 Å². The third-order valence-electron chi connectivity index (χ3n) is 3.56. The summed E-state index contributed by atoms with van der Waals surface area (Å²) in [5.41, 5.74) is 1.71. The molecule has 0 radical (unpaired) electrons. The molecule has 4 N–H and O–H groups in total. The molecule has 140 valence electrons. The van der Waals surface area contributed by atoms with Gasteiger partial charge in [-0.2, -0.15) is 0 Å². The number of primary sulfonamides is 1. The highest BCUT2D eigenvalue weighted by Gasteiger charge is 2.07. The van der Waals surface area contributed by atoms with Crippen molar-refractivity contribution < 1.29 is 17.9 Å². The Balaban J connectivity index is 1.87. The van der Waals surface area contributed by atoms with Crippen LogP contribution in [-0.2, 0) is 16.4 Å². The molecule has 0 amide bonds. The predicted octanol–water partition coefficient (Wildman–Crippen LogP) is 1.88. The molecule has 0 saturated carbocycles. The molecule has 7 nitrogen and oxygen atoms in total. The van der Waals surface area contributed by atoms with Crippen LogP contribution in [0.4, 0.5) is 5.69 Å². The first-order valence-corrected chi connectivity index (χ1v) is 9.67. The van der Waals surface area contributed by atoms with Crippen LogP contribution < -0.4 is 25.2 Å². The van der Waals surface area contributed by atoms with E-state index in [4.69, 9.17) is 26.8 Å². The van der Waals surface area contributed by atoms with Crippen LogP contribution in [0.2, 0.25) is 0 Å². The van der Waals surface area contributed by atoms with Gasteiger partial charge in [0.1, 0.15) is 11.5 Å². The lowest BCUT2D eigenvalue weighted by Crippen LogP contribution is -2.30. The summed E-state index contributed by atoms with van der Waals surface area (Å²) >= 11 is 5.28. The Morgan fingerprint density at radius 3 is 2.15 bits per heavy atom. The molecule has 0 unspecified atom stereocenters. The Morgan fingerprint density at radius 2 is 1.65 bits per heavy atom. The van der Waals surface area contributed by atoms with Crippen LogP contribution in [0.5, 0.6) is 11.5 Å². The van der Waals surface area contributed by atoms with Crippen LogP contribution in [0.1, 0.15) is 5.56 Å². The smallest absolute Gasteiger partial charge is 0.238 e. The van der Waals surface area contributed by atoms with Crippen molar-refractivity contribution in [1.82, 2.24) is 5.32 Å². The van der Waals surface area contributed by atoms with Crippen LogP contribution in [0, 0.1) is 0 Å². The zero-order valence-electron chi connectivity index (χ0n) is 14.5. The molecule has 0 aliphatic rings. The van der Waals surface area contributed by atoms with Gasteiger partial charge in [-0.25, -0.2) is 13.6 Å². The maximum absolute atomic E-state index is 11.2. The van der Waals surface area contributed by atoms with E-state index in [1.54, 1.807) is 32.4 Å². The third-order valence-corrected chi connectivity index (χ3v) is 4.74. The first-order chi connectivity index (χ1) is 12.3. The summed E-state index contributed by atoms with van der Waals surface area (Å²) in [5.74, 6) is 1.31. The number of hydrogen-bond donors (Lipinski definition) is 3. The zero-order valence-corrected chi connectivity index (χ0v) is 16.1. The number of ether oxygens (including phenoxy) is 2. The third kappa shape index (κ3) is 5.87. The Bertz CT molecular complexity index is 846. The minimum absolute atomic E-state index is 0.0957. The van der Waals surface area contributed by atoms with Crippen LogP contribution in [0.25, 0.3) is 0 Å². The van der Waals surface area contributed by atoms with E-state index < -0.39 is 10.0 Å². The fourth-order valence-electron chi connectivity index (χ4n) is 2.22. The fraction of sp³-hybridized carbons (Fsp3) is 0.235. The topological polar surface area (TPSA) is 103 Å². The second kappa shape index (κ2) is 8.84. The molecule has 26 heavy (non-hydrogen) atoms. The minimum atomic E-state index is -3.67. The molecule has 9 heteroatoms. The number of sulfonamides is 1. The van der Waals surface area contributed by atoms with E-state index in [1.807, 2.05) is 12.1 Å².